The summed E-state index contributed by atoms with van der Waals surface area (Å²) in [6.07, 6.45) is 3.56. The molecule has 6 heteroatoms. The second-order valence-electron chi connectivity index (χ2n) is 5.20. The van der Waals surface area contributed by atoms with Crippen molar-refractivity contribution in [2.24, 2.45) is 0 Å². The number of nitrogens with one attached hydrogen (secondary N) is 2. The molecular formula is C17H16N4O2. The van der Waals surface area contributed by atoms with Crippen LogP contribution in [0.3, 0.4) is 0 Å². The van der Waals surface area contributed by atoms with Crippen LogP contribution in [0.1, 0.15) is 23.0 Å². The SMILES string of the molecule is CC(=O)Nc1cccc(C(=O)Nc2ccc3nccn3c2C)c1. The predicted octanol–water partition coefficient (Wildman–Crippen LogP) is 2.85. The van der Waals surface area contributed by atoms with E-state index in [1.54, 1.807) is 30.5 Å². The zero-order valence-corrected chi connectivity index (χ0v) is 12.8. The molecule has 0 unspecified atom stereocenters. The Balaban J connectivity index is 1.85. The molecule has 0 aliphatic carbocycles. The van der Waals surface area contributed by atoms with E-state index >= 15 is 0 Å². The van der Waals surface area contributed by atoms with Crippen LogP contribution in [0.25, 0.3) is 5.65 Å². The zero-order chi connectivity index (χ0) is 16.4. The Morgan fingerprint density at radius 1 is 1.13 bits per heavy atom. The molecule has 0 aliphatic heterocycles. The van der Waals surface area contributed by atoms with Crippen LogP contribution in [0.5, 0.6) is 0 Å². The molecule has 0 saturated heterocycles. The number of aryl methyl sites for hydroxylation is 1. The van der Waals surface area contributed by atoms with Gasteiger partial charge in [-0.2, -0.15) is 0 Å². The highest BCUT2D eigenvalue weighted by molar-refractivity contribution is 6.05. The first kappa shape index (κ1) is 14.8. The minimum absolute atomic E-state index is 0.177. The highest BCUT2D eigenvalue weighted by Crippen LogP contribution is 2.18. The molecule has 0 atom stereocenters. The summed E-state index contributed by atoms with van der Waals surface area (Å²) in [6, 6.07) is 10.5. The molecule has 6 nitrogen and oxygen atoms in total. The molecule has 0 fully saturated rings. The van der Waals surface area contributed by atoms with Crippen LogP contribution in [0, 0.1) is 6.92 Å². The summed E-state index contributed by atoms with van der Waals surface area (Å²) in [5.41, 5.74) is 3.50. The Kier molecular flexibility index (Phi) is 3.80. The van der Waals surface area contributed by atoms with E-state index in [-0.39, 0.29) is 11.8 Å². The van der Waals surface area contributed by atoms with Gasteiger partial charge < -0.3 is 15.0 Å². The summed E-state index contributed by atoms with van der Waals surface area (Å²) in [6.45, 7) is 3.34. The fourth-order valence-corrected chi connectivity index (χ4v) is 2.40. The van der Waals surface area contributed by atoms with Crippen LogP contribution < -0.4 is 10.6 Å². The van der Waals surface area contributed by atoms with Gasteiger partial charge in [-0.25, -0.2) is 4.98 Å². The highest BCUT2D eigenvalue weighted by atomic mass is 16.2. The zero-order valence-electron chi connectivity index (χ0n) is 12.8. The molecule has 0 saturated carbocycles. The van der Waals surface area contributed by atoms with Crippen LogP contribution >= 0.6 is 0 Å². The van der Waals surface area contributed by atoms with Crippen molar-refractivity contribution in [3.63, 3.8) is 0 Å². The lowest BCUT2D eigenvalue weighted by Gasteiger charge is -2.11. The minimum Gasteiger partial charge on any atom is -0.326 e. The number of hydrogen-bond acceptors (Lipinski definition) is 3. The van der Waals surface area contributed by atoms with Gasteiger partial charge in [0.1, 0.15) is 5.65 Å². The Hall–Kier alpha value is -3.15. The molecule has 0 spiro atoms. The van der Waals surface area contributed by atoms with Crippen molar-refractivity contribution in [3.8, 4) is 0 Å². The number of imidazole rings is 1. The number of pyridine rings is 1. The lowest BCUT2D eigenvalue weighted by molar-refractivity contribution is -0.114. The van der Waals surface area contributed by atoms with Crippen molar-refractivity contribution in [3.05, 3.63) is 60.0 Å². The molecule has 2 heterocycles. The molecule has 23 heavy (non-hydrogen) atoms. The molecule has 116 valence electrons. The third kappa shape index (κ3) is 3.06. The van der Waals surface area contributed by atoms with E-state index < -0.39 is 0 Å². The molecule has 0 radical (unpaired) electrons. The van der Waals surface area contributed by atoms with Crippen molar-refractivity contribution in [2.45, 2.75) is 13.8 Å². The Morgan fingerprint density at radius 2 is 1.96 bits per heavy atom. The number of carbonyl (C=O) groups excluding carboxylic acids is 2. The van der Waals surface area contributed by atoms with Gasteiger partial charge in [0.05, 0.1) is 5.69 Å². The van der Waals surface area contributed by atoms with E-state index in [1.807, 2.05) is 29.7 Å². The first-order valence-electron chi connectivity index (χ1n) is 7.16. The van der Waals surface area contributed by atoms with Crippen LogP contribution in [0.15, 0.2) is 48.8 Å². The summed E-state index contributed by atoms with van der Waals surface area (Å²) in [5.74, 6) is -0.413. The lowest BCUT2D eigenvalue weighted by Crippen LogP contribution is -2.14. The molecule has 3 aromatic rings. The van der Waals surface area contributed by atoms with E-state index in [0.29, 0.717) is 16.9 Å². The lowest BCUT2D eigenvalue weighted by atomic mass is 10.1. The third-order valence-corrected chi connectivity index (χ3v) is 3.51. The fraction of sp³-hybridized carbons (Fsp3) is 0.118. The van der Waals surface area contributed by atoms with Crippen LogP contribution in [-0.2, 0) is 4.79 Å². The number of aromatic nitrogens is 2. The molecular weight excluding hydrogens is 292 g/mol. The second-order valence-corrected chi connectivity index (χ2v) is 5.20. The van der Waals surface area contributed by atoms with E-state index in [2.05, 4.69) is 15.6 Å². The molecule has 3 rings (SSSR count). The summed E-state index contributed by atoms with van der Waals surface area (Å²) < 4.78 is 1.91. The summed E-state index contributed by atoms with van der Waals surface area (Å²) >= 11 is 0. The third-order valence-electron chi connectivity index (χ3n) is 3.51. The predicted molar refractivity (Wildman–Crippen MR) is 88.6 cm³/mol. The van der Waals surface area contributed by atoms with Crippen molar-refractivity contribution in [1.82, 2.24) is 9.38 Å². The number of hydrogen-bond donors (Lipinski definition) is 2. The Labute approximate surface area is 133 Å². The van der Waals surface area contributed by atoms with Crippen molar-refractivity contribution in [1.29, 1.82) is 0 Å². The van der Waals surface area contributed by atoms with Gasteiger partial charge in [0, 0.05) is 36.3 Å². The van der Waals surface area contributed by atoms with E-state index in [9.17, 15) is 9.59 Å². The summed E-state index contributed by atoms with van der Waals surface area (Å²) in [5, 5.41) is 5.55. The van der Waals surface area contributed by atoms with E-state index in [0.717, 1.165) is 11.3 Å². The molecule has 0 bridgehead atoms. The van der Waals surface area contributed by atoms with Crippen LogP contribution in [0.4, 0.5) is 11.4 Å². The molecule has 1 aromatic carbocycles. The van der Waals surface area contributed by atoms with Gasteiger partial charge in [0.2, 0.25) is 5.91 Å². The largest absolute Gasteiger partial charge is 0.326 e. The maximum atomic E-state index is 12.4. The minimum atomic E-state index is -0.236. The number of fused-ring (bicyclic) bond motifs is 1. The maximum absolute atomic E-state index is 12.4. The van der Waals surface area contributed by atoms with Crippen LogP contribution in [-0.4, -0.2) is 21.2 Å². The molecule has 2 N–H and O–H groups in total. The van der Waals surface area contributed by atoms with E-state index in [1.165, 1.54) is 6.92 Å². The summed E-state index contributed by atoms with van der Waals surface area (Å²) in [4.78, 5) is 27.7. The number of anilines is 2. The number of rotatable bonds is 3. The number of carbonyl (C=O) groups is 2. The number of benzene rings is 1. The first-order chi connectivity index (χ1) is 11.0. The standard InChI is InChI=1S/C17H16N4O2/c1-11-15(6-7-16-18-8-9-21(11)16)20-17(23)13-4-3-5-14(10-13)19-12(2)22/h3-10H,1-2H3,(H,19,22)(H,20,23). The van der Waals surface area contributed by atoms with Gasteiger partial charge in [-0.15, -0.1) is 0 Å². The number of amides is 2. The average Bonchev–Trinajstić information content (AvgIpc) is 2.99. The van der Waals surface area contributed by atoms with E-state index in [4.69, 9.17) is 0 Å². The average molecular weight is 308 g/mol. The van der Waals surface area contributed by atoms with Gasteiger partial charge in [-0.3, -0.25) is 9.59 Å². The van der Waals surface area contributed by atoms with Gasteiger partial charge in [-0.1, -0.05) is 6.07 Å². The van der Waals surface area contributed by atoms with Gasteiger partial charge >= 0.3 is 0 Å². The molecule has 2 aromatic heterocycles. The fourth-order valence-electron chi connectivity index (χ4n) is 2.40. The maximum Gasteiger partial charge on any atom is 0.255 e. The van der Waals surface area contributed by atoms with Gasteiger partial charge in [-0.05, 0) is 37.3 Å². The normalized spacial score (nSPS) is 10.5. The number of nitrogens with zero attached hydrogens (tertiary/aromatic N) is 2. The first-order valence-corrected chi connectivity index (χ1v) is 7.16. The summed E-state index contributed by atoms with van der Waals surface area (Å²) in [7, 11) is 0. The highest BCUT2D eigenvalue weighted by Gasteiger charge is 2.10. The quantitative estimate of drug-likeness (QED) is 0.781. The monoisotopic (exact) mass is 308 g/mol. The van der Waals surface area contributed by atoms with Gasteiger partial charge in [0.25, 0.3) is 5.91 Å². The van der Waals surface area contributed by atoms with Crippen molar-refractivity contribution < 1.29 is 9.59 Å². The van der Waals surface area contributed by atoms with Crippen molar-refractivity contribution in [2.75, 3.05) is 10.6 Å². The topological polar surface area (TPSA) is 75.5 Å². The molecule has 2 amide bonds. The van der Waals surface area contributed by atoms with Gasteiger partial charge in [0.15, 0.2) is 0 Å². The Morgan fingerprint density at radius 3 is 2.74 bits per heavy atom. The van der Waals surface area contributed by atoms with Crippen molar-refractivity contribution >= 4 is 28.8 Å². The smallest absolute Gasteiger partial charge is 0.255 e. The second kappa shape index (κ2) is 5.92. The molecule has 0 aliphatic rings. The van der Waals surface area contributed by atoms with Crippen LogP contribution in [0.2, 0.25) is 0 Å². The Bertz CT molecular complexity index is 898.